The Bertz CT molecular complexity index is 735. The Morgan fingerprint density at radius 2 is 0.654 bits per heavy atom. The van der Waals surface area contributed by atoms with Crippen molar-refractivity contribution in [3.63, 3.8) is 0 Å². The summed E-state index contributed by atoms with van der Waals surface area (Å²) in [5, 5.41) is 19.4. The summed E-state index contributed by atoms with van der Waals surface area (Å²) in [6, 6.07) is 0. The largest absolute Gasteiger partial charge is 0.460 e. The van der Waals surface area contributed by atoms with Crippen LogP contribution >= 0.6 is 0 Å². The van der Waals surface area contributed by atoms with Gasteiger partial charge in [-0.3, -0.25) is 9.59 Å². The number of esters is 2. The Morgan fingerprint density at radius 3 is 0.942 bits per heavy atom. The molecule has 0 aromatic heterocycles. The summed E-state index contributed by atoms with van der Waals surface area (Å²) >= 11 is 0. The molecular weight excluding hydrogens is 652 g/mol. The number of ether oxygens (including phenoxy) is 2. The molecule has 8 heteroatoms. The van der Waals surface area contributed by atoms with Gasteiger partial charge in [0.05, 0.1) is 40.4 Å². The minimum absolute atomic E-state index is 0.0883. The van der Waals surface area contributed by atoms with E-state index in [2.05, 4.69) is 27.9 Å². The van der Waals surface area contributed by atoms with E-state index in [0.717, 1.165) is 77.5 Å². The summed E-state index contributed by atoms with van der Waals surface area (Å²) in [6.07, 6.45) is 33.3. The van der Waals surface area contributed by atoms with Gasteiger partial charge in [-0.05, 0) is 38.5 Å². The quantitative estimate of drug-likeness (QED) is 0.0368. The van der Waals surface area contributed by atoms with Gasteiger partial charge in [0.25, 0.3) is 0 Å². The van der Waals surface area contributed by atoms with Crippen molar-refractivity contribution in [3.8, 4) is 0 Å². The van der Waals surface area contributed by atoms with E-state index in [-0.39, 0.29) is 25.2 Å². The first-order chi connectivity index (χ1) is 25.2. The highest BCUT2D eigenvalue weighted by Crippen LogP contribution is 2.15. The molecule has 0 aliphatic rings. The minimum Gasteiger partial charge on any atom is -0.460 e. The maximum atomic E-state index is 12.3. The number of carbonyl (C=O) groups excluding carboxylic acids is 2. The fourth-order valence-electron chi connectivity index (χ4n) is 7.27. The number of carbonyl (C=O) groups is 2. The molecule has 2 N–H and O–H groups in total. The second-order valence-corrected chi connectivity index (χ2v) is 16.5. The molecule has 2 unspecified atom stereocenters. The van der Waals surface area contributed by atoms with Crippen LogP contribution in [-0.4, -0.2) is 111 Å². The molecular formula is C44H90N2O6+2. The van der Waals surface area contributed by atoms with Gasteiger partial charge in [-0.15, -0.1) is 0 Å². The molecule has 0 fully saturated rings. The van der Waals surface area contributed by atoms with Crippen molar-refractivity contribution in [2.24, 2.45) is 0 Å². The van der Waals surface area contributed by atoms with Gasteiger partial charge in [-0.2, -0.15) is 0 Å². The number of aliphatic hydroxyl groups is 2. The summed E-state index contributed by atoms with van der Waals surface area (Å²) in [4.78, 5) is 24.6. The maximum Gasteiger partial charge on any atom is 0.305 e. The third kappa shape index (κ3) is 33.4. The van der Waals surface area contributed by atoms with Crippen LogP contribution in [0.1, 0.15) is 194 Å². The predicted molar refractivity (Wildman–Crippen MR) is 218 cm³/mol. The Balaban J connectivity index is 4.05. The Kier molecular flexibility index (Phi) is 35.9. The number of hydrogen-bond acceptors (Lipinski definition) is 6. The number of hydrogen-bond donors (Lipinski definition) is 2. The Morgan fingerprint density at radius 1 is 0.385 bits per heavy atom. The van der Waals surface area contributed by atoms with E-state index in [1.54, 1.807) is 0 Å². The third-order valence-electron chi connectivity index (χ3n) is 11.2. The van der Waals surface area contributed by atoms with Crippen molar-refractivity contribution in [3.05, 3.63) is 0 Å². The van der Waals surface area contributed by atoms with Crippen LogP contribution in [0.3, 0.4) is 0 Å². The number of quaternary nitrogens is 2. The molecule has 0 aliphatic heterocycles. The molecule has 0 heterocycles. The van der Waals surface area contributed by atoms with Gasteiger partial charge in [0.1, 0.15) is 39.4 Å². The van der Waals surface area contributed by atoms with E-state index in [9.17, 15) is 19.8 Å². The van der Waals surface area contributed by atoms with Crippen molar-refractivity contribution in [1.29, 1.82) is 0 Å². The molecule has 310 valence electrons. The summed E-state index contributed by atoms with van der Waals surface area (Å²) in [5.74, 6) is -0.177. The van der Waals surface area contributed by atoms with Crippen LogP contribution in [0.25, 0.3) is 0 Å². The topological polar surface area (TPSA) is 93.1 Å². The molecule has 0 bridgehead atoms. The zero-order valence-electron chi connectivity index (χ0n) is 35.3. The standard InChI is InChI=1S/C44H90N2O6/c1-5-7-9-11-13-15-17-19-21-23-27-31-43(49)51-41-37-45(3,35-39-47)33-29-25-26-30-34-46(4,36-40-48)38-42-52-44(50)32-28-24-22-20-18-16-14-12-10-8-6-2/h47-48H,5-42H2,1-4H3/q+2. The molecule has 0 amide bonds. The van der Waals surface area contributed by atoms with E-state index in [1.165, 1.54) is 116 Å². The van der Waals surface area contributed by atoms with E-state index >= 15 is 0 Å². The number of rotatable bonds is 41. The Labute approximate surface area is 323 Å². The molecule has 0 aromatic rings. The van der Waals surface area contributed by atoms with Crippen molar-refractivity contribution < 1.29 is 38.2 Å². The SMILES string of the molecule is CCCCCCCCCCCCCC(=O)OCC[N+](C)(CCO)CCCCCC[N+](C)(CCO)CCOC(=O)CCCCCCCCCCCCC. The maximum absolute atomic E-state index is 12.3. The summed E-state index contributed by atoms with van der Waals surface area (Å²) < 4.78 is 12.6. The van der Waals surface area contributed by atoms with Gasteiger partial charge in [0, 0.05) is 12.8 Å². The highest BCUT2D eigenvalue weighted by molar-refractivity contribution is 5.69. The smallest absolute Gasteiger partial charge is 0.305 e. The predicted octanol–water partition coefficient (Wildman–Crippen LogP) is 9.91. The first kappa shape index (κ1) is 50.8. The van der Waals surface area contributed by atoms with E-state index < -0.39 is 0 Å². The average molecular weight is 743 g/mol. The highest BCUT2D eigenvalue weighted by Gasteiger charge is 2.23. The van der Waals surface area contributed by atoms with Crippen molar-refractivity contribution in [2.45, 2.75) is 194 Å². The van der Waals surface area contributed by atoms with Crippen LogP contribution < -0.4 is 0 Å². The van der Waals surface area contributed by atoms with Crippen molar-refractivity contribution in [2.75, 3.05) is 79.8 Å². The van der Waals surface area contributed by atoms with Crippen LogP contribution in [-0.2, 0) is 19.1 Å². The van der Waals surface area contributed by atoms with Gasteiger partial charge < -0.3 is 28.7 Å². The number of likely N-dealkylation sites (N-methyl/N-ethyl adjacent to an activating group) is 2. The lowest BCUT2D eigenvalue weighted by atomic mass is 10.1. The number of nitrogens with zero attached hydrogens (tertiary/aromatic N) is 2. The molecule has 0 saturated heterocycles. The summed E-state index contributed by atoms with van der Waals surface area (Å²) in [7, 11) is 4.31. The molecule has 0 aromatic carbocycles. The summed E-state index contributed by atoms with van der Waals surface area (Å²) in [5.41, 5.74) is 0. The normalized spacial score (nSPS) is 13.9. The van der Waals surface area contributed by atoms with E-state index in [0.29, 0.717) is 48.1 Å². The minimum atomic E-state index is -0.0883. The second kappa shape index (κ2) is 36.7. The van der Waals surface area contributed by atoms with Crippen LogP contribution in [0, 0.1) is 0 Å². The van der Waals surface area contributed by atoms with E-state index in [4.69, 9.17) is 9.47 Å². The molecule has 0 spiro atoms. The molecule has 0 saturated carbocycles. The van der Waals surface area contributed by atoms with Crippen LogP contribution in [0.15, 0.2) is 0 Å². The van der Waals surface area contributed by atoms with Crippen molar-refractivity contribution in [1.82, 2.24) is 0 Å². The first-order valence-electron chi connectivity index (χ1n) is 22.4. The molecule has 0 aliphatic carbocycles. The zero-order chi connectivity index (χ0) is 38.4. The highest BCUT2D eigenvalue weighted by atomic mass is 16.5. The molecule has 52 heavy (non-hydrogen) atoms. The third-order valence-corrected chi connectivity index (χ3v) is 11.2. The van der Waals surface area contributed by atoms with E-state index in [1.807, 2.05) is 0 Å². The lowest BCUT2D eigenvalue weighted by molar-refractivity contribution is -0.910. The van der Waals surface area contributed by atoms with Crippen LogP contribution in [0.2, 0.25) is 0 Å². The molecule has 0 radical (unpaired) electrons. The fourth-order valence-corrected chi connectivity index (χ4v) is 7.27. The Hall–Kier alpha value is -1.22. The first-order valence-corrected chi connectivity index (χ1v) is 22.4. The molecule has 2 atom stereocenters. The molecule has 8 nitrogen and oxygen atoms in total. The zero-order valence-corrected chi connectivity index (χ0v) is 35.3. The van der Waals surface area contributed by atoms with Gasteiger partial charge in [-0.1, -0.05) is 142 Å². The number of aliphatic hydroxyl groups excluding tert-OH is 2. The fraction of sp³-hybridized carbons (Fsp3) is 0.955. The van der Waals surface area contributed by atoms with Gasteiger partial charge >= 0.3 is 11.9 Å². The lowest BCUT2D eigenvalue weighted by Gasteiger charge is -2.34. The van der Waals surface area contributed by atoms with Crippen molar-refractivity contribution >= 4 is 11.9 Å². The van der Waals surface area contributed by atoms with Gasteiger partial charge in [0.2, 0.25) is 0 Å². The summed E-state index contributed by atoms with van der Waals surface area (Å²) in [6.45, 7) is 10.3. The van der Waals surface area contributed by atoms with Gasteiger partial charge in [-0.25, -0.2) is 0 Å². The number of unbranched alkanes of at least 4 members (excludes halogenated alkanes) is 23. The monoisotopic (exact) mass is 743 g/mol. The molecule has 0 rings (SSSR count). The lowest BCUT2D eigenvalue weighted by Crippen LogP contribution is -2.49. The average Bonchev–Trinajstić information content (AvgIpc) is 3.11. The second-order valence-electron chi connectivity index (χ2n) is 16.5. The van der Waals surface area contributed by atoms with Gasteiger partial charge in [0.15, 0.2) is 0 Å². The van der Waals surface area contributed by atoms with Crippen LogP contribution in [0.5, 0.6) is 0 Å². The van der Waals surface area contributed by atoms with Crippen LogP contribution in [0.4, 0.5) is 0 Å².